The van der Waals surface area contributed by atoms with Gasteiger partial charge in [-0.1, -0.05) is 11.6 Å². The average Bonchev–Trinajstić information content (AvgIpc) is 2.71. The van der Waals surface area contributed by atoms with Gasteiger partial charge in [-0.15, -0.1) is 0 Å². The fourth-order valence-corrected chi connectivity index (χ4v) is 2.95. The smallest absolute Gasteiger partial charge is 0.328 e. The Hall–Kier alpha value is -3.59. The Morgan fingerprint density at radius 1 is 1.10 bits per heavy atom. The first-order valence-electron chi connectivity index (χ1n) is 8.56. The van der Waals surface area contributed by atoms with Crippen molar-refractivity contribution >= 4 is 34.3 Å². The molecular weight excluding hydrogens is 400 g/mol. The molecule has 0 spiro atoms. The Morgan fingerprint density at radius 2 is 1.83 bits per heavy atom. The van der Waals surface area contributed by atoms with E-state index in [2.05, 4.69) is 15.8 Å². The van der Waals surface area contributed by atoms with Crippen LogP contribution in [0.1, 0.15) is 27.6 Å². The monoisotopic (exact) mass is 416 g/mol. The molecular formula is C19H17ClN4O5. The van der Waals surface area contributed by atoms with E-state index in [1.165, 1.54) is 43.5 Å². The van der Waals surface area contributed by atoms with Gasteiger partial charge in [0.2, 0.25) is 0 Å². The van der Waals surface area contributed by atoms with Crippen molar-refractivity contribution in [2.24, 2.45) is 0 Å². The van der Waals surface area contributed by atoms with Crippen LogP contribution in [0.5, 0.6) is 5.75 Å². The number of nitrogens with one attached hydrogen (secondary N) is 3. The highest BCUT2D eigenvalue weighted by molar-refractivity contribution is 6.30. The molecule has 1 heterocycles. The number of hydrazine groups is 1. The van der Waals surface area contributed by atoms with Crippen LogP contribution in [0, 0.1) is 0 Å². The third kappa shape index (κ3) is 3.99. The van der Waals surface area contributed by atoms with Gasteiger partial charge in [-0.25, -0.2) is 4.79 Å². The number of fused-ring (bicyclic) bond motifs is 1. The van der Waals surface area contributed by atoms with Crippen LogP contribution >= 0.6 is 11.6 Å². The van der Waals surface area contributed by atoms with E-state index in [1.54, 1.807) is 6.92 Å². The number of rotatable bonds is 4. The molecule has 0 bridgehead atoms. The molecule has 2 aromatic carbocycles. The fourth-order valence-electron chi connectivity index (χ4n) is 2.79. The Morgan fingerprint density at radius 3 is 2.52 bits per heavy atom. The number of nitrogens with zero attached hydrogens (tertiary/aromatic N) is 1. The largest absolute Gasteiger partial charge is 0.496 e. The number of carbonyl (C=O) groups is 2. The summed E-state index contributed by atoms with van der Waals surface area (Å²) in [4.78, 5) is 51.5. The first-order valence-corrected chi connectivity index (χ1v) is 8.94. The first kappa shape index (κ1) is 20.2. The van der Waals surface area contributed by atoms with Gasteiger partial charge >= 0.3 is 5.69 Å². The molecule has 0 unspecified atom stereocenters. The predicted molar refractivity (Wildman–Crippen MR) is 107 cm³/mol. The molecule has 1 aromatic heterocycles. The summed E-state index contributed by atoms with van der Waals surface area (Å²) >= 11 is 5.87. The predicted octanol–water partition coefficient (Wildman–Crippen LogP) is 1.45. The van der Waals surface area contributed by atoms with Crippen LogP contribution in [-0.4, -0.2) is 28.5 Å². The van der Waals surface area contributed by atoms with Gasteiger partial charge < -0.3 is 9.72 Å². The van der Waals surface area contributed by atoms with Crippen LogP contribution in [0.15, 0.2) is 46.0 Å². The van der Waals surface area contributed by atoms with E-state index in [-0.39, 0.29) is 34.3 Å². The highest BCUT2D eigenvalue weighted by Gasteiger charge is 2.15. The summed E-state index contributed by atoms with van der Waals surface area (Å²) in [5.41, 5.74) is 4.10. The Kier molecular flexibility index (Phi) is 5.69. The van der Waals surface area contributed by atoms with Crippen LogP contribution in [0.3, 0.4) is 0 Å². The first-order chi connectivity index (χ1) is 13.8. The summed E-state index contributed by atoms with van der Waals surface area (Å²) in [6, 6.07) is 8.68. The summed E-state index contributed by atoms with van der Waals surface area (Å²) in [6.07, 6.45) is 0. The van der Waals surface area contributed by atoms with Crippen LogP contribution in [-0.2, 0) is 6.54 Å². The fraction of sp³-hybridized carbons (Fsp3) is 0.158. The summed E-state index contributed by atoms with van der Waals surface area (Å²) in [7, 11) is 1.39. The molecule has 0 aliphatic carbocycles. The van der Waals surface area contributed by atoms with Crippen molar-refractivity contribution in [2.75, 3.05) is 7.11 Å². The number of halogens is 1. The Balaban J connectivity index is 1.81. The lowest BCUT2D eigenvalue weighted by atomic mass is 10.1. The maximum Gasteiger partial charge on any atom is 0.328 e. The minimum Gasteiger partial charge on any atom is -0.496 e. The molecule has 9 nitrogen and oxygen atoms in total. The molecule has 29 heavy (non-hydrogen) atoms. The standard InChI is InChI=1S/C19H17ClN4O5/c1-3-24-18(27)12-6-4-10(8-14(12)21-19(24)28)16(25)22-23-17(26)13-7-5-11(20)9-15(13)29-2/h4-9H,3H2,1-2H3,(H,21,28)(H,22,25)(H,23,26). The van der Waals surface area contributed by atoms with Crippen molar-refractivity contribution in [3.05, 3.63) is 73.4 Å². The quantitative estimate of drug-likeness (QED) is 0.555. The number of hydrogen-bond donors (Lipinski definition) is 3. The normalized spacial score (nSPS) is 10.6. The number of carbonyl (C=O) groups excluding carboxylic acids is 2. The lowest BCUT2D eigenvalue weighted by molar-refractivity contribution is 0.0845. The molecule has 0 aliphatic rings. The van der Waals surface area contributed by atoms with E-state index in [0.717, 1.165) is 4.57 Å². The molecule has 3 aromatic rings. The average molecular weight is 417 g/mol. The van der Waals surface area contributed by atoms with E-state index < -0.39 is 23.1 Å². The highest BCUT2D eigenvalue weighted by Crippen LogP contribution is 2.22. The minimum absolute atomic E-state index is 0.144. The third-order valence-corrected chi connectivity index (χ3v) is 4.49. The van der Waals surface area contributed by atoms with Gasteiger partial charge in [0.25, 0.3) is 17.4 Å². The zero-order chi connectivity index (χ0) is 21.1. The van der Waals surface area contributed by atoms with Crippen LogP contribution in [0.2, 0.25) is 5.02 Å². The summed E-state index contributed by atoms with van der Waals surface area (Å²) in [6.45, 7) is 1.91. The summed E-state index contributed by atoms with van der Waals surface area (Å²) in [5, 5.41) is 0.674. The molecule has 3 rings (SSSR count). The molecule has 0 aliphatic heterocycles. The molecule has 0 saturated carbocycles. The van der Waals surface area contributed by atoms with Gasteiger partial charge in [0.05, 0.1) is 23.6 Å². The molecule has 0 fully saturated rings. The van der Waals surface area contributed by atoms with Crippen molar-refractivity contribution in [2.45, 2.75) is 13.5 Å². The summed E-state index contributed by atoms with van der Waals surface area (Å²) < 4.78 is 6.16. The van der Waals surface area contributed by atoms with Crippen molar-refractivity contribution in [1.29, 1.82) is 0 Å². The maximum absolute atomic E-state index is 12.4. The second kappa shape index (κ2) is 8.19. The Labute approximate surface area is 169 Å². The number of hydrogen-bond acceptors (Lipinski definition) is 5. The number of ether oxygens (including phenoxy) is 1. The van der Waals surface area contributed by atoms with Crippen molar-refractivity contribution in [3.63, 3.8) is 0 Å². The van der Waals surface area contributed by atoms with Crippen molar-refractivity contribution < 1.29 is 14.3 Å². The topological polar surface area (TPSA) is 122 Å². The van der Waals surface area contributed by atoms with Crippen molar-refractivity contribution in [1.82, 2.24) is 20.4 Å². The van der Waals surface area contributed by atoms with Crippen LogP contribution in [0.4, 0.5) is 0 Å². The van der Waals surface area contributed by atoms with E-state index >= 15 is 0 Å². The van der Waals surface area contributed by atoms with Crippen LogP contribution < -0.4 is 26.8 Å². The SMILES string of the molecule is CCn1c(=O)[nH]c2cc(C(=O)NNC(=O)c3ccc(Cl)cc3OC)ccc2c1=O. The third-order valence-electron chi connectivity index (χ3n) is 4.26. The lowest BCUT2D eigenvalue weighted by Gasteiger charge is -2.11. The zero-order valence-electron chi connectivity index (χ0n) is 15.5. The minimum atomic E-state index is -0.631. The number of aromatic nitrogens is 2. The second-order valence-electron chi connectivity index (χ2n) is 5.99. The number of benzene rings is 2. The van der Waals surface area contributed by atoms with Gasteiger partial charge in [-0.05, 0) is 43.3 Å². The van der Waals surface area contributed by atoms with Gasteiger partial charge in [0.1, 0.15) is 5.75 Å². The number of aromatic amines is 1. The van der Waals surface area contributed by atoms with Gasteiger partial charge in [-0.3, -0.25) is 29.8 Å². The number of amides is 2. The maximum atomic E-state index is 12.4. The molecule has 3 N–H and O–H groups in total. The summed E-state index contributed by atoms with van der Waals surface area (Å²) in [5.74, 6) is -0.986. The molecule has 0 radical (unpaired) electrons. The van der Waals surface area contributed by atoms with Gasteiger partial charge in [0.15, 0.2) is 0 Å². The highest BCUT2D eigenvalue weighted by atomic mass is 35.5. The van der Waals surface area contributed by atoms with Crippen LogP contribution in [0.25, 0.3) is 10.9 Å². The van der Waals surface area contributed by atoms with Gasteiger partial charge in [-0.2, -0.15) is 0 Å². The van der Waals surface area contributed by atoms with E-state index in [1.807, 2.05) is 0 Å². The number of methoxy groups -OCH3 is 1. The molecule has 0 atom stereocenters. The van der Waals surface area contributed by atoms with Gasteiger partial charge in [0, 0.05) is 17.1 Å². The number of H-pyrrole nitrogens is 1. The Bertz CT molecular complexity index is 1230. The van der Waals surface area contributed by atoms with E-state index in [4.69, 9.17) is 16.3 Å². The van der Waals surface area contributed by atoms with Crippen molar-refractivity contribution in [3.8, 4) is 5.75 Å². The lowest BCUT2D eigenvalue weighted by Crippen LogP contribution is -2.41. The molecule has 2 amide bonds. The molecule has 150 valence electrons. The van der Waals surface area contributed by atoms with E-state index in [9.17, 15) is 19.2 Å². The van der Waals surface area contributed by atoms with E-state index in [0.29, 0.717) is 5.02 Å². The molecule has 10 heteroatoms. The zero-order valence-corrected chi connectivity index (χ0v) is 16.3. The second-order valence-corrected chi connectivity index (χ2v) is 6.43. The molecule has 0 saturated heterocycles.